The lowest BCUT2D eigenvalue weighted by Gasteiger charge is -2.19. The molecule has 0 spiro atoms. The number of ether oxygens (including phenoxy) is 1. The van der Waals surface area contributed by atoms with Gasteiger partial charge in [0.2, 0.25) is 0 Å². The third kappa shape index (κ3) is 1.84. The molecule has 18 heavy (non-hydrogen) atoms. The number of hydrogen-bond acceptors (Lipinski definition) is 3. The molecule has 0 saturated carbocycles. The van der Waals surface area contributed by atoms with Crippen molar-refractivity contribution in [2.24, 2.45) is 0 Å². The standard InChI is InChI=1S/C15H18O3/c1-9-6-11-10(2)8-17-14(11)7-12(9)13-4-5-15(3,16)18-13/h6-8,13,16H,4-5H2,1-3H3. The molecule has 96 valence electrons. The average molecular weight is 246 g/mol. The second kappa shape index (κ2) is 3.84. The lowest BCUT2D eigenvalue weighted by atomic mass is 9.98. The predicted octanol–water partition coefficient (Wildman–Crippen LogP) is 3.61. The van der Waals surface area contributed by atoms with Crippen LogP contribution in [0.4, 0.5) is 0 Å². The number of benzene rings is 1. The minimum atomic E-state index is -0.995. The van der Waals surface area contributed by atoms with Crippen molar-refractivity contribution in [3.63, 3.8) is 0 Å². The van der Waals surface area contributed by atoms with Crippen LogP contribution in [0, 0.1) is 13.8 Å². The van der Waals surface area contributed by atoms with Crippen molar-refractivity contribution < 1.29 is 14.3 Å². The van der Waals surface area contributed by atoms with Gasteiger partial charge in [0.25, 0.3) is 0 Å². The minimum absolute atomic E-state index is 0.0326. The number of hydrogen-bond donors (Lipinski definition) is 1. The van der Waals surface area contributed by atoms with Crippen LogP contribution < -0.4 is 0 Å². The molecule has 1 fully saturated rings. The third-order valence-electron chi connectivity index (χ3n) is 3.77. The Balaban J connectivity index is 2.05. The maximum atomic E-state index is 9.89. The molecule has 1 aromatic heterocycles. The molecular weight excluding hydrogens is 228 g/mol. The van der Waals surface area contributed by atoms with Crippen LogP contribution in [0.2, 0.25) is 0 Å². The average Bonchev–Trinajstić information content (AvgIpc) is 2.82. The van der Waals surface area contributed by atoms with Crippen LogP contribution in [0.25, 0.3) is 11.0 Å². The first-order chi connectivity index (χ1) is 8.46. The van der Waals surface area contributed by atoms with Gasteiger partial charge in [0.05, 0.1) is 12.4 Å². The Hall–Kier alpha value is -1.32. The third-order valence-corrected chi connectivity index (χ3v) is 3.77. The lowest BCUT2D eigenvalue weighted by molar-refractivity contribution is -0.179. The molecule has 1 aliphatic rings. The summed E-state index contributed by atoms with van der Waals surface area (Å²) in [6, 6.07) is 4.18. The molecule has 3 heteroatoms. The summed E-state index contributed by atoms with van der Waals surface area (Å²) in [7, 11) is 0. The van der Waals surface area contributed by atoms with Crippen LogP contribution in [0.5, 0.6) is 0 Å². The molecule has 1 aliphatic heterocycles. The Morgan fingerprint density at radius 2 is 2.06 bits per heavy atom. The van der Waals surface area contributed by atoms with E-state index in [2.05, 4.69) is 13.0 Å². The van der Waals surface area contributed by atoms with Gasteiger partial charge in [0.15, 0.2) is 5.79 Å². The van der Waals surface area contributed by atoms with E-state index >= 15 is 0 Å². The van der Waals surface area contributed by atoms with Gasteiger partial charge >= 0.3 is 0 Å². The zero-order valence-corrected chi connectivity index (χ0v) is 11.0. The maximum Gasteiger partial charge on any atom is 0.163 e. The molecule has 2 unspecified atom stereocenters. The lowest BCUT2D eigenvalue weighted by Crippen LogP contribution is -2.21. The summed E-state index contributed by atoms with van der Waals surface area (Å²) in [5.41, 5.74) is 4.35. The van der Waals surface area contributed by atoms with E-state index in [9.17, 15) is 5.11 Å². The highest BCUT2D eigenvalue weighted by Gasteiger charge is 2.35. The summed E-state index contributed by atoms with van der Waals surface area (Å²) in [4.78, 5) is 0. The first-order valence-corrected chi connectivity index (χ1v) is 6.35. The van der Waals surface area contributed by atoms with E-state index in [1.54, 1.807) is 13.2 Å². The zero-order chi connectivity index (χ0) is 12.9. The molecule has 2 heterocycles. The van der Waals surface area contributed by atoms with Gasteiger partial charge in [-0.25, -0.2) is 0 Å². The molecule has 0 radical (unpaired) electrons. The van der Waals surface area contributed by atoms with E-state index < -0.39 is 5.79 Å². The number of furan rings is 1. The van der Waals surface area contributed by atoms with E-state index in [0.29, 0.717) is 6.42 Å². The van der Waals surface area contributed by atoms with Crippen molar-refractivity contribution in [3.8, 4) is 0 Å². The monoisotopic (exact) mass is 246 g/mol. The van der Waals surface area contributed by atoms with Crippen molar-refractivity contribution in [3.05, 3.63) is 35.1 Å². The molecule has 3 nitrogen and oxygen atoms in total. The van der Waals surface area contributed by atoms with Crippen LogP contribution in [0.15, 0.2) is 22.8 Å². The minimum Gasteiger partial charge on any atom is -0.464 e. The van der Waals surface area contributed by atoms with E-state index in [-0.39, 0.29) is 6.10 Å². The Kier molecular flexibility index (Phi) is 2.50. The SMILES string of the molecule is Cc1cc2c(C)coc2cc1C1CCC(C)(O)O1. The van der Waals surface area contributed by atoms with E-state index in [1.165, 1.54) is 5.56 Å². The molecule has 0 bridgehead atoms. The van der Waals surface area contributed by atoms with Crippen molar-refractivity contribution in [2.45, 2.75) is 45.5 Å². The highest BCUT2D eigenvalue weighted by Crippen LogP contribution is 2.40. The van der Waals surface area contributed by atoms with Gasteiger partial charge in [-0.15, -0.1) is 0 Å². The maximum absolute atomic E-state index is 9.89. The highest BCUT2D eigenvalue weighted by atomic mass is 16.6. The summed E-state index contributed by atoms with van der Waals surface area (Å²) >= 11 is 0. The highest BCUT2D eigenvalue weighted by molar-refractivity contribution is 5.82. The number of aryl methyl sites for hydroxylation is 2. The summed E-state index contributed by atoms with van der Waals surface area (Å²) < 4.78 is 11.2. The van der Waals surface area contributed by atoms with Gasteiger partial charge in [-0.3, -0.25) is 0 Å². The molecular formula is C15H18O3. The fourth-order valence-electron chi connectivity index (χ4n) is 2.71. The van der Waals surface area contributed by atoms with Crippen LogP contribution in [-0.4, -0.2) is 10.9 Å². The fourth-order valence-corrected chi connectivity index (χ4v) is 2.71. The zero-order valence-electron chi connectivity index (χ0n) is 11.0. The van der Waals surface area contributed by atoms with Gasteiger partial charge in [0.1, 0.15) is 5.58 Å². The Morgan fingerprint density at radius 3 is 2.72 bits per heavy atom. The van der Waals surface area contributed by atoms with Crippen molar-refractivity contribution in [1.29, 1.82) is 0 Å². The summed E-state index contributed by atoms with van der Waals surface area (Å²) in [5.74, 6) is -0.995. The van der Waals surface area contributed by atoms with Gasteiger partial charge in [-0.2, -0.15) is 0 Å². The first kappa shape index (κ1) is 11.8. The summed E-state index contributed by atoms with van der Waals surface area (Å²) in [6.45, 7) is 5.84. The van der Waals surface area contributed by atoms with Crippen LogP contribution in [0.1, 0.15) is 42.6 Å². The normalized spacial score (nSPS) is 28.1. The first-order valence-electron chi connectivity index (χ1n) is 6.35. The molecule has 3 rings (SSSR count). The van der Waals surface area contributed by atoms with Crippen molar-refractivity contribution in [2.75, 3.05) is 0 Å². The number of fused-ring (bicyclic) bond motifs is 1. The second-order valence-electron chi connectivity index (χ2n) is 5.44. The molecule has 0 aliphatic carbocycles. The van der Waals surface area contributed by atoms with Gasteiger partial charge in [-0.05, 0) is 56.0 Å². The molecule has 1 saturated heterocycles. The van der Waals surface area contributed by atoms with E-state index in [4.69, 9.17) is 9.15 Å². The summed E-state index contributed by atoms with van der Waals surface area (Å²) in [6.07, 6.45) is 3.26. The number of rotatable bonds is 1. The fraction of sp³-hybridized carbons (Fsp3) is 0.467. The molecule has 2 aromatic rings. The largest absolute Gasteiger partial charge is 0.464 e. The van der Waals surface area contributed by atoms with Gasteiger partial charge in [-0.1, -0.05) is 0 Å². The molecule has 1 N–H and O–H groups in total. The van der Waals surface area contributed by atoms with Crippen LogP contribution in [0.3, 0.4) is 0 Å². The van der Waals surface area contributed by atoms with Crippen molar-refractivity contribution >= 4 is 11.0 Å². The Morgan fingerprint density at radius 1 is 1.28 bits per heavy atom. The van der Waals surface area contributed by atoms with E-state index in [0.717, 1.165) is 28.5 Å². The van der Waals surface area contributed by atoms with Crippen LogP contribution in [-0.2, 0) is 4.74 Å². The molecule has 1 aromatic carbocycles. The predicted molar refractivity (Wildman–Crippen MR) is 69.4 cm³/mol. The van der Waals surface area contributed by atoms with Crippen LogP contribution >= 0.6 is 0 Å². The topological polar surface area (TPSA) is 42.6 Å². The second-order valence-corrected chi connectivity index (χ2v) is 5.44. The van der Waals surface area contributed by atoms with Gasteiger partial charge in [0, 0.05) is 11.8 Å². The smallest absolute Gasteiger partial charge is 0.163 e. The molecule has 0 amide bonds. The van der Waals surface area contributed by atoms with Gasteiger partial charge < -0.3 is 14.3 Å². The molecule has 2 atom stereocenters. The summed E-state index contributed by atoms with van der Waals surface area (Å²) in [5, 5.41) is 11.0. The quantitative estimate of drug-likeness (QED) is 0.835. The van der Waals surface area contributed by atoms with E-state index in [1.807, 2.05) is 13.0 Å². The Bertz CT molecular complexity index is 595. The Labute approximate surface area is 106 Å². The number of aliphatic hydroxyl groups is 1. The van der Waals surface area contributed by atoms with Crippen molar-refractivity contribution in [1.82, 2.24) is 0 Å².